The molecular formula is C51H59ClN4O10. The number of carboxylic acids is 1. The van der Waals surface area contributed by atoms with Crippen LogP contribution < -0.4 is 21.1 Å². The number of hydrogen-bond acceptors (Lipinski definition) is 11. The van der Waals surface area contributed by atoms with Crippen LogP contribution in [0.3, 0.4) is 0 Å². The second-order valence-corrected chi connectivity index (χ2v) is 17.5. The lowest BCUT2D eigenvalue weighted by atomic mass is 9.87. The van der Waals surface area contributed by atoms with E-state index < -0.39 is 53.4 Å². The predicted octanol–water partition coefficient (Wildman–Crippen LogP) is 6.77. The maximum atomic E-state index is 14.8. The number of rotatable bonds is 20. The number of nitrogens with one attached hydrogen (secondary N) is 2. The highest BCUT2D eigenvalue weighted by atomic mass is 35.5. The van der Waals surface area contributed by atoms with E-state index >= 15 is 0 Å². The van der Waals surface area contributed by atoms with E-state index in [1.165, 1.54) is 24.9 Å². The van der Waals surface area contributed by atoms with Gasteiger partial charge in [-0.3, -0.25) is 33.6 Å². The van der Waals surface area contributed by atoms with E-state index in [1.54, 1.807) is 68.4 Å². The van der Waals surface area contributed by atoms with Crippen molar-refractivity contribution < 1.29 is 48.5 Å². The number of fused-ring (bicyclic) bond motifs is 5. The molecule has 2 amide bonds. The van der Waals surface area contributed by atoms with Gasteiger partial charge < -0.3 is 36.2 Å². The molecule has 15 heteroatoms. The topological polar surface area (TPSA) is 222 Å². The molecule has 0 saturated carbocycles. The molecule has 0 aliphatic carbocycles. The molecule has 1 heterocycles. The van der Waals surface area contributed by atoms with Crippen molar-refractivity contribution in [3.63, 3.8) is 0 Å². The first-order chi connectivity index (χ1) is 31.5. The molecule has 66 heavy (non-hydrogen) atoms. The SMILES string of the molecule is CC(=O)[C@H](C)CC(=O)[C@@H]1Cc2ccc(O)c(c2)-c2cc(ccc2OCCNCC(=O)O)[C@H](N(C)C(=O)[C@H](CCCCN)CC(=O)c2ccc(-c3ccc(Cl)cc3)cc2)C(=O)C[C@@H](C)C(=O)N1. The lowest BCUT2D eigenvalue weighted by Gasteiger charge is -2.32. The zero-order valence-corrected chi connectivity index (χ0v) is 38.6. The number of phenols is 1. The molecule has 0 aromatic heterocycles. The molecule has 5 rings (SSSR count). The average Bonchev–Trinajstić information content (AvgIpc) is 3.28. The summed E-state index contributed by atoms with van der Waals surface area (Å²) in [7, 11) is 1.49. The van der Waals surface area contributed by atoms with Crippen molar-refractivity contribution in [1.29, 1.82) is 0 Å². The number of halogens is 1. The summed E-state index contributed by atoms with van der Waals surface area (Å²) in [6, 6.07) is 21.6. The van der Waals surface area contributed by atoms with E-state index in [1.807, 2.05) is 24.3 Å². The van der Waals surface area contributed by atoms with Crippen molar-refractivity contribution in [3.05, 3.63) is 107 Å². The van der Waals surface area contributed by atoms with Crippen LogP contribution in [0.2, 0.25) is 5.02 Å². The first-order valence-electron chi connectivity index (χ1n) is 22.2. The standard InChI is InChI=1S/C51H59ClN4O10/c1-30(32(3)57)23-45(60)42-26-33-8-18-43(58)40(25-33)41-27-37(15-19-47(41)66-22-21-54-29-48(62)63)49(46(61)24-31(2)50(64)55-42)56(4)51(65)38(7-5-6-20-53)28-44(59)36-11-9-34(10-12-36)35-13-16-39(52)17-14-35/h8-19,25,27,30-31,38,42,49,54,58H,5-7,20-24,26,28-29,53H2,1-4H3,(H,55,64)(H,62,63)/t30-,31-,38-,42+,49+/m1/s1. The lowest BCUT2D eigenvalue weighted by molar-refractivity contribution is -0.142. The number of likely N-dealkylation sites (N-methyl/N-ethyl adjacent to an activating group) is 1. The Kier molecular flexibility index (Phi) is 18.3. The molecule has 0 saturated heterocycles. The number of carbonyl (C=O) groups is 7. The van der Waals surface area contributed by atoms with E-state index in [4.69, 9.17) is 27.2 Å². The maximum absolute atomic E-state index is 14.8. The number of hydrogen-bond donors (Lipinski definition) is 5. The normalized spacial score (nSPS) is 17.2. The number of benzene rings is 4. The van der Waals surface area contributed by atoms with Gasteiger partial charge in [-0.1, -0.05) is 80.4 Å². The number of Topliss-reactive ketones (excluding diaryl/α,β-unsaturated/α-hetero) is 4. The van der Waals surface area contributed by atoms with Crippen molar-refractivity contribution >= 4 is 52.5 Å². The van der Waals surface area contributed by atoms with Crippen LogP contribution in [-0.4, -0.2) is 95.4 Å². The second kappa shape index (κ2) is 23.8. The number of aliphatic carboxylic acids is 1. The largest absolute Gasteiger partial charge is 0.507 e. The number of nitrogens with two attached hydrogens (primary N) is 1. The van der Waals surface area contributed by atoms with Gasteiger partial charge in [0.05, 0.1) is 12.6 Å². The summed E-state index contributed by atoms with van der Waals surface area (Å²) >= 11 is 6.07. The summed E-state index contributed by atoms with van der Waals surface area (Å²) in [5.74, 6) is -5.75. The fourth-order valence-corrected chi connectivity index (χ4v) is 8.14. The first kappa shape index (κ1) is 50.8. The summed E-state index contributed by atoms with van der Waals surface area (Å²) in [6.07, 6.45) is 0.832. The molecule has 5 atom stereocenters. The molecule has 0 unspecified atom stereocenters. The Labute approximate surface area is 390 Å². The molecule has 350 valence electrons. The summed E-state index contributed by atoms with van der Waals surface area (Å²) in [5.41, 5.74) is 9.54. The number of carboxylic acid groups (broad SMARTS) is 1. The molecule has 0 radical (unpaired) electrons. The van der Waals surface area contributed by atoms with E-state index in [-0.39, 0.29) is 79.8 Å². The third-order valence-electron chi connectivity index (χ3n) is 12.0. The molecule has 4 aromatic carbocycles. The summed E-state index contributed by atoms with van der Waals surface area (Å²) in [4.78, 5) is 95.7. The Bertz CT molecular complexity index is 2400. The molecule has 14 nitrogen and oxygen atoms in total. The lowest BCUT2D eigenvalue weighted by Crippen LogP contribution is -2.46. The van der Waals surface area contributed by atoms with Gasteiger partial charge in [-0.25, -0.2) is 0 Å². The molecule has 4 aromatic rings. The quantitative estimate of drug-likeness (QED) is 0.0458. The third-order valence-corrected chi connectivity index (χ3v) is 12.2. The van der Waals surface area contributed by atoms with Gasteiger partial charge >= 0.3 is 5.97 Å². The van der Waals surface area contributed by atoms with Gasteiger partial charge in [0.1, 0.15) is 29.9 Å². The minimum absolute atomic E-state index is 0.00869. The highest BCUT2D eigenvalue weighted by molar-refractivity contribution is 6.30. The van der Waals surface area contributed by atoms with E-state index in [2.05, 4.69) is 10.6 Å². The number of ether oxygens (including phenoxy) is 1. The molecule has 1 aliphatic rings. The molecule has 4 bridgehead atoms. The van der Waals surface area contributed by atoms with Gasteiger partial charge in [-0.05, 0) is 91.4 Å². The summed E-state index contributed by atoms with van der Waals surface area (Å²) in [5, 5.41) is 26.7. The first-order valence-corrected chi connectivity index (χ1v) is 22.6. The van der Waals surface area contributed by atoms with Gasteiger partial charge in [0.25, 0.3) is 0 Å². The number of unbranched alkanes of at least 4 members (excludes halogenated alkanes) is 1. The van der Waals surface area contributed by atoms with Crippen LogP contribution in [0.4, 0.5) is 0 Å². The number of phenolic OH excluding ortho intramolecular Hbond substituents is 1. The Balaban J connectivity index is 1.55. The third kappa shape index (κ3) is 13.7. The van der Waals surface area contributed by atoms with Crippen LogP contribution in [0.15, 0.2) is 84.9 Å². The highest BCUT2D eigenvalue weighted by Gasteiger charge is 2.36. The number of ketones is 4. The Morgan fingerprint density at radius 3 is 2.24 bits per heavy atom. The highest BCUT2D eigenvalue weighted by Crippen LogP contribution is 2.40. The average molecular weight is 924 g/mol. The Morgan fingerprint density at radius 2 is 1.59 bits per heavy atom. The van der Waals surface area contributed by atoms with Crippen LogP contribution in [-0.2, 0) is 35.2 Å². The number of carbonyl (C=O) groups excluding carboxylic acids is 6. The van der Waals surface area contributed by atoms with Gasteiger partial charge in [0.2, 0.25) is 11.8 Å². The van der Waals surface area contributed by atoms with E-state index in [0.717, 1.165) is 11.1 Å². The van der Waals surface area contributed by atoms with Gasteiger partial charge in [0, 0.05) is 72.3 Å². The predicted molar refractivity (Wildman–Crippen MR) is 251 cm³/mol. The zero-order chi connectivity index (χ0) is 48.1. The Morgan fingerprint density at radius 1 is 0.909 bits per heavy atom. The molecule has 1 aliphatic heterocycles. The minimum Gasteiger partial charge on any atom is -0.507 e. The van der Waals surface area contributed by atoms with E-state index in [0.29, 0.717) is 53.1 Å². The van der Waals surface area contributed by atoms with Crippen LogP contribution >= 0.6 is 11.6 Å². The van der Waals surface area contributed by atoms with Crippen LogP contribution in [0, 0.1) is 17.8 Å². The van der Waals surface area contributed by atoms with Crippen LogP contribution in [0.25, 0.3) is 22.3 Å². The van der Waals surface area contributed by atoms with Gasteiger partial charge in [0.15, 0.2) is 17.3 Å². The number of aromatic hydroxyl groups is 1. The van der Waals surface area contributed by atoms with Gasteiger partial charge in [-0.15, -0.1) is 0 Å². The molecule has 0 spiro atoms. The van der Waals surface area contributed by atoms with E-state index in [9.17, 15) is 38.7 Å². The number of amides is 2. The fourth-order valence-electron chi connectivity index (χ4n) is 8.02. The number of nitrogens with zero attached hydrogens (tertiary/aromatic N) is 1. The summed E-state index contributed by atoms with van der Waals surface area (Å²) in [6.45, 7) is 4.85. The fraction of sp³-hybridized carbons (Fsp3) is 0.392. The zero-order valence-electron chi connectivity index (χ0n) is 37.8. The van der Waals surface area contributed by atoms with Gasteiger partial charge in [-0.2, -0.15) is 0 Å². The van der Waals surface area contributed by atoms with Crippen LogP contribution in [0.5, 0.6) is 11.5 Å². The molecule has 0 fully saturated rings. The smallest absolute Gasteiger partial charge is 0.317 e. The maximum Gasteiger partial charge on any atom is 0.317 e. The molecular weight excluding hydrogens is 864 g/mol. The van der Waals surface area contributed by atoms with Crippen molar-refractivity contribution in [2.75, 3.05) is 33.3 Å². The monoisotopic (exact) mass is 922 g/mol. The van der Waals surface area contributed by atoms with Crippen molar-refractivity contribution in [2.24, 2.45) is 23.5 Å². The van der Waals surface area contributed by atoms with Crippen molar-refractivity contribution in [2.45, 2.75) is 77.8 Å². The second-order valence-electron chi connectivity index (χ2n) is 17.1. The molecule has 6 N–H and O–H groups in total. The van der Waals surface area contributed by atoms with Crippen molar-refractivity contribution in [1.82, 2.24) is 15.5 Å². The minimum atomic E-state index is -1.29. The van der Waals surface area contributed by atoms with Crippen LogP contribution in [0.1, 0.15) is 86.8 Å². The van der Waals surface area contributed by atoms with Crippen molar-refractivity contribution in [3.8, 4) is 33.8 Å². The summed E-state index contributed by atoms with van der Waals surface area (Å²) < 4.78 is 6.13. The Hall–Kier alpha value is -6.22.